The zero-order chi connectivity index (χ0) is 15.6. The van der Waals surface area contributed by atoms with Crippen molar-refractivity contribution in [2.75, 3.05) is 0 Å². The van der Waals surface area contributed by atoms with Crippen LogP contribution in [0.1, 0.15) is 17.2 Å². The van der Waals surface area contributed by atoms with Crippen molar-refractivity contribution in [2.24, 2.45) is 5.73 Å². The SMILES string of the molecule is NC(c1ccc(Cl)cc1F)c1ccccc1OC(F)(F)F. The minimum atomic E-state index is -4.85. The Balaban J connectivity index is 2.41. The van der Waals surface area contributed by atoms with Gasteiger partial charge in [-0.25, -0.2) is 4.39 Å². The van der Waals surface area contributed by atoms with E-state index in [2.05, 4.69) is 4.74 Å². The molecule has 21 heavy (non-hydrogen) atoms. The first-order valence-corrected chi connectivity index (χ1v) is 6.21. The lowest BCUT2D eigenvalue weighted by atomic mass is 9.98. The van der Waals surface area contributed by atoms with Crippen molar-refractivity contribution in [3.8, 4) is 5.75 Å². The summed E-state index contributed by atoms with van der Waals surface area (Å²) in [4.78, 5) is 0. The van der Waals surface area contributed by atoms with Gasteiger partial charge in [0.1, 0.15) is 11.6 Å². The van der Waals surface area contributed by atoms with Crippen LogP contribution in [0, 0.1) is 5.82 Å². The van der Waals surface area contributed by atoms with Gasteiger partial charge in [-0.2, -0.15) is 0 Å². The highest BCUT2D eigenvalue weighted by Crippen LogP contribution is 2.33. The first kappa shape index (κ1) is 15.6. The van der Waals surface area contributed by atoms with E-state index in [1.54, 1.807) is 0 Å². The molecule has 1 atom stereocenters. The van der Waals surface area contributed by atoms with Gasteiger partial charge in [0, 0.05) is 16.1 Å². The standard InChI is InChI=1S/C14H10ClF4NO/c15-8-5-6-9(11(16)7-8)13(20)10-3-1-2-4-12(10)21-14(17,18)19/h1-7,13H,20H2. The Morgan fingerprint density at radius 1 is 1.05 bits per heavy atom. The Morgan fingerprint density at radius 3 is 2.33 bits per heavy atom. The molecule has 0 aliphatic carbocycles. The van der Waals surface area contributed by atoms with Crippen molar-refractivity contribution < 1.29 is 22.3 Å². The number of hydrogen-bond acceptors (Lipinski definition) is 2. The second-order valence-electron chi connectivity index (χ2n) is 4.23. The van der Waals surface area contributed by atoms with E-state index >= 15 is 0 Å². The van der Waals surface area contributed by atoms with Gasteiger partial charge in [-0.05, 0) is 18.2 Å². The van der Waals surface area contributed by atoms with Crippen LogP contribution in [0.3, 0.4) is 0 Å². The number of alkyl halides is 3. The smallest absolute Gasteiger partial charge is 0.405 e. The molecular formula is C14H10ClF4NO. The Kier molecular flexibility index (Phi) is 4.39. The summed E-state index contributed by atoms with van der Waals surface area (Å²) in [6.45, 7) is 0. The van der Waals surface area contributed by atoms with Crippen LogP contribution in [0.4, 0.5) is 17.6 Å². The fourth-order valence-corrected chi connectivity index (χ4v) is 2.04. The number of hydrogen-bond donors (Lipinski definition) is 1. The van der Waals surface area contributed by atoms with Crippen molar-refractivity contribution in [3.63, 3.8) is 0 Å². The summed E-state index contributed by atoms with van der Waals surface area (Å²) in [5.41, 5.74) is 5.91. The molecule has 0 spiro atoms. The van der Waals surface area contributed by atoms with E-state index in [4.69, 9.17) is 17.3 Å². The van der Waals surface area contributed by atoms with Gasteiger partial charge in [0.05, 0.1) is 6.04 Å². The second-order valence-corrected chi connectivity index (χ2v) is 4.67. The molecule has 0 heterocycles. The highest BCUT2D eigenvalue weighted by Gasteiger charge is 2.33. The maximum atomic E-state index is 13.8. The third-order valence-electron chi connectivity index (χ3n) is 2.78. The van der Waals surface area contributed by atoms with E-state index in [1.165, 1.54) is 30.3 Å². The molecule has 0 saturated heterocycles. The molecule has 0 fully saturated rings. The predicted molar refractivity (Wildman–Crippen MR) is 70.6 cm³/mol. The van der Waals surface area contributed by atoms with Gasteiger partial charge < -0.3 is 10.5 Å². The lowest BCUT2D eigenvalue weighted by Gasteiger charge is -2.18. The van der Waals surface area contributed by atoms with Gasteiger partial charge in [-0.15, -0.1) is 13.2 Å². The average Bonchev–Trinajstić information content (AvgIpc) is 2.36. The first-order chi connectivity index (χ1) is 9.78. The zero-order valence-electron chi connectivity index (χ0n) is 10.5. The average molecular weight is 320 g/mol. The summed E-state index contributed by atoms with van der Waals surface area (Å²) in [6.07, 6.45) is -4.85. The summed E-state index contributed by atoms with van der Waals surface area (Å²) in [5, 5.41) is 0.170. The Hall–Kier alpha value is -1.79. The van der Waals surface area contributed by atoms with Crippen LogP contribution in [0.5, 0.6) is 5.75 Å². The highest BCUT2D eigenvalue weighted by molar-refractivity contribution is 6.30. The predicted octanol–water partition coefficient (Wildman–Crippen LogP) is 4.43. The molecule has 0 saturated carbocycles. The highest BCUT2D eigenvalue weighted by atomic mass is 35.5. The second kappa shape index (κ2) is 5.91. The fraction of sp³-hybridized carbons (Fsp3) is 0.143. The van der Waals surface area contributed by atoms with Crippen LogP contribution in [0.25, 0.3) is 0 Å². The fourth-order valence-electron chi connectivity index (χ4n) is 1.88. The lowest BCUT2D eigenvalue weighted by Crippen LogP contribution is -2.21. The minimum Gasteiger partial charge on any atom is -0.405 e. The molecule has 7 heteroatoms. The molecule has 0 bridgehead atoms. The van der Waals surface area contributed by atoms with E-state index < -0.39 is 24.0 Å². The quantitative estimate of drug-likeness (QED) is 0.850. The number of nitrogens with two attached hydrogens (primary N) is 1. The molecule has 0 aliphatic rings. The molecule has 112 valence electrons. The van der Waals surface area contributed by atoms with E-state index in [-0.39, 0.29) is 16.1 Å². The number of halogens is 5. The maximum absolute atomic E-state index is 13.8. The van der Waals surface area contributed by atoms with Crippen molar-refractivity contribution >= 4 is 11.6 Å². The monoisotopic (exact) mass is 319 g/mol. The summed E-state index contributed by atoms with van der Waals surface area (Å²) in [5.74, 6) is -1.16. The molecule has 2 N–H and O–H groups in total. The maximum Gasteiger partial charge on any atom is 0.573 e. The summed E-state index contributed by atoms with van der Waals surface area (Å²) in [6, 6.07) is 8.00. The molecule has 2 aromatic carbocycles. The summed E-state index contributed by atoms with van der Waals surface area (Å²) in [7, 11) is 0. The van der Waals surface area contributed by atoms with Crippen LogP contribution in [0.2, 0.25) is 5.02 Å². The van der Waals surface area contributed by atoms with E-state index in [9.17, 15) is 17.6 Å². The molecule has 0 radical (unpaired) electrons. The topological polar surface area (TPSA) is 35.2 Å². The van der Waals surface area contributed by atoms with Gasteiger partial charge >= 0.3 is 6.36 Å². The lowest BCUT2D eigenvalue weighted by molar-refractivity contribution is -0.274. The number of ether oxygens (including phenoxy) is 1. The van der Waals surface area contributed by atoms with E-state index in [0.717, 1.165) is 12.1 Å². The van der Waals surface area contributed by atoms with Gasteiger partial charge in [0.25, 0.3) is 0 Å². The number of para-hydroxylation sites is 1. The molecular weight excluding hydrogens is 310 g/mol. The molecule has 0 amide bonds. The molecule has 2 nitrogen and oxygen atoms in total. The molecule has 2 aromatic rings. The largest absolute Gasteiger partial charge is 0.573 e. The van der Waals surface area contributed by atoms with Crippen LogP contribution in [0.15, 0.2) is 42.5 Å². The Morgan fingerprint density at radius 2 is 1.71 bits per heavy atom. The van der Waals surface area contributed by atoms with E-state index in [0.29, 0.717) is 0 Å². The normalized spacial score (nSPS) is 13.0. The van der Waals surface area contributed by atoms with Crippen molar-refractivity contribution in [1.29, 1.82) is 0 Å². The third kappa shape index (κ3) is 3.86. The zero-order valence-corrected chi connectivity index (χ0v) is 11.3. The third-order valence-corrected chi connectivity index (χ3v) is 3.01. The van der Waals surface area contributed by atoms with E-state index in [1.807, 2.05) is 0 Å². The molecule has 0 aromatic heterocycles. The van der Waals surface area contributed by atoms with Crippen LogP contribution >= 0.6 is 11.6 Å². The van der Waals surface area contributed by atoms with Crippen molar-refractivity contribution in [1.82, 2.24) is 0 Å². The van der Waals surface area contributed by atoms with Crippen molar-refractivity contribution in [2.45, 2.75) is 12.4 Å². The minimum absolute atomic E-state index is 0.0241. The molecule has 2 rings (SSSR count). The van der Waals surface area contributed by atoms with Crippen LogP contribution < -0.4 is 10.5 Å². The van der Waals surface area contributed by atoms with Gasteiger partial charge in [-0.1, -0.05) is 35.9 Å². The van der Waals surface area contributed by atoms with Gasteiger partial charge in [-0.3, -0.25) is 0 Å². The Bertz CT molecular complexity index is 645. The Labute approximate surface area is 123 Å². The summed E-state index contributed by atoms with van der Waals surface area (Å²) >= 11 is 5.63. The van der Waals surface area contributed by atoms with Crippen LogP contribution in [-0.4, -0.2) is 6.36 Å². The number of benzene rings is 2. The van der Waals surface area contributed by atoms with Crippen LogP contribution in [-0.2, 0) is 0 Å². The molecule has 0 aliphatic heterocycles. The van der Waals surface area contributed by atoms with Gasteiger partial charge in [0.15, 0.2) is 0 Å². The first-order valence-electron chi connectivity index (χ1n) is 5.83. The van der Waals surface area contributed by atoms with Crippen molar-refractivity contribution in [3.05, 3.63) is 64.4 Å². The molecule has 1 unspecified atom stereocenters. The van der Waals surface area contributed by atoms with Gasteiger partial charge in [0.2, 0.25) is 0 Å². The summed E-state index contributed by atoms with van der Waals surface area (Å²) < 4.78 is 54.8. The number of rotatable bonds is 3.